The van der Waals surface area contributed by atoms with Gasteiger partial charge in [-0.05, 0) is 57.0 Å². The molecule has 0 saturated carbocycles. The Kier molecular flexibility index (Phi) is 2.71. The third-order valence-corrected chi connectivity index (χ3v) is 4.95. The summed E-state index contributed by atoms with van der Waals surface area (Å²) in [6.07, 6.45) is 0. The van der Waals surface area contributed by atoms with Gasteiger partial charge in [-0.15, -0.1) is 0 Å². The monoisotopic (exact) mass is 308 g/mol. The largest absolute Gasteiger partial charge is 0.358 e. The third kappa shape index (κ3) is 1.72. The van der Waals surface area contributed by atoms with Gasteiger partial charge in [0.2, 0.25) is 0 Å². The van der Waals surface area contributed by atoms with Crippen LogP contribution in [-0.4, -0.2) is 9.97 Å². The van der Waals surface area contributed by atoms with E-state index >= 15 is 0 Å². The predicted octanol–water partition coefficient (Wildman–Crippen LogP) is 4.54. The summed E-state index contributed by atoms with van der Waals surface area (Å²) in [5.74, 6) is -0.260. The minimum Gasteiger partial charge on any atom is -0.358 e. The van der Waals surface area contributed by atoms with Gasteiger partial charge in [-0.25, -0.2) is 4.39 Å². The zero-order valence-corrected chi connectivity index (χ0v) is 13.5. The van der Waals surface area contributed by atoms with E-state index in [1.807, 2.05) is 27.7 Å². The van der Waals surface area contributed by atoms with Gasteiger partial charge >= 0.3 is 0 Å². The van der Waals surface area contributed by atoms with Gasteiger partial charge in [0.15, 0.2) is 5.43 Å². The number of aromatic amines is 2. The molecule has 0 amide bonds. The van der Waals surface area contributed by atoms with Crippen LogP contribution in [0.4, 0.5) is 4.39 Å². The Labute approximate surface area is 132 Å². The van der Waals surface area contributed by atoms with E-state index in [1.165, 1.54) is 6.07 Å². The van der Waals surface area contributed by atoms with E-state index in [-0.39, 0.29) is 11.2 Å². The minimum atomic E-state index is -0.260. The van der Waals surface area contributed by atoms with Gasteiger partial charge in [0, 0.05) is 27.5 Å². The Bertz CT molecular complexity index is 1180. The highest BCUT2D eigenvalue weighted by molar-refractivity contribution is 6.15. The van der Waals surface area contributed by atoms with Crippen LogP contribution in [0.1, 0.15) is 22.4 Å². The van der Waals surface area contributed by atoms with Crippen molar-refractivity contribution in [3.05, 3.63) is 56.6 Å². The van der Waals surface area contributed by atoms with Gasteiger partial charge in [-0.3, -0.25) is 4.79 Å². The number of hydrogen-bond acceptors (Lipinski definition) is 1. The van der Waals surface area contributed by atoms with Crippen molar-refractivity contribution in [3.63, 3.8) is 0 Å². The molecule has 0 atom stereocenters. The van der Waals surface area contributed by atoms with Crippen molar-refractivity contribution in [2.75, 3.05) is 0 Å². The number of aryl methyl sites for hydroxylation is 3. The van der Waals surface area contributed by atoms with Crippen LogP contribution < -0.4 is 5.43 Å². The van der Waals surface area contributed by atoms with Crippen molar-refractivity contribution >= 4 is 32.7 Å². The maximum absolute atomic E-state index is 13.7. The number of halogens is 1. The molecule has 2 heterocycles. The van der Waals surface area contributed by atoms with E-state index in [0.29, 0.717) is 5.39 Å². The molecule has 0 aliphatic rings. The molecule has 0 aliphatic heterocycles. The summed E-state index contributed by atoms with van der Waals surface area (Å²) in [6.45, 7) is 7.67. The Morgan fingerprint density at radius 1 is 0.870 bits per heavy atom. The fraction of sp³-hybridized carbons (Fsp3) is 0.211. The highest BCUT2D eigenvalue weighted by atomic mass is 19.1. The molecule has 2 N–H and O–H groups in total. The fourth-order valence-electron chi connectivity index (χ4n) is 3.54. The average Bonchev–Trinajstić information content (AvgIpc) is 2.89. The summed E-state index contributed by atoms with van der Waals surface area (Å²) in [5.41, 5.74) is 6.17. The van der Waals surface area contributed by atoms with Crippen molar-refractivity contribution < 1.29 is 4.39 Å². The molecule has 4 rings (SSSR count). The van der Waals surface area contributed by atoms with Crippen molar-refractivity contribution in [1.29, 1.82) is 0 Å². The van der Waals surface area contributed by atoms with Crippen LogP contribution in [0.15, 0.2) is 23.0 Å². The first kappa shape index (κ1) is 14.0. The first-order valence-corrected chi connectivity index (χ1v) is 7.63. The van der Waals surface area contributed by atoms with Crippen LogP contribution in [0, 0.1) is 33.5 Å². The van der Waals surface area contributed by atoms with Gasteiger partial charge in [0.25, 0.3) is 0 Å². The second-order valence-electron chi connectivity index (χ2n) is 6.27. The number of rotatable bonds is 0. The van der Waals surface area contributed by atoms with E-state index in [0.717, 1.165) is 49.7 Å². The summed E-state index contributed by atoms with van der Waals surface area (Å²) in [6, 6.07) is 4.74. The molecule has 2 aromatic carbocycles. The molecule has 0 bridgehead atoms. The first-order valence-electron chi connectivity index (χ1n) is 7.63. The lowest BCUT2D eigenvalue weighted by Gasteiger charge is -2.11. The number of pyridine rings is 1. The smallest absolute Gasteiger partial charge is 0.192 e. The molecular weight excluding hydrogens is 291 g/mol. The summed E-state index contributed by atoms with van der Waals surface area (Å²) >= 11 is 0. The average molecular weight is 308 g/mol. The normalized spacial score (nSPS) is 11.9. The van der Waals surface area contributed by atoms with Crippen molar-refractivity contribution in [2.45, 2.75) is 27.7 Å². The zero-order valence-electron chi connectivity index (χ0n) is 13.5. The zero-order chi connectivity index (χ0) is 16.5. The summed E-state index contributed by atoms with van der Waals surface area (Å²) < 4.78 is 13.7. The van der Waals surface area contributed by atoms with E-state index < -0.39 is 0 Å². The molecule has 0 saturated heterocycles. The van der Waals surface area contributed by atoms with Gasteiger partial charge < -0.3 is 9.97 Å². The molecule has 2 aromatic heterocycles. The lowest BCUT2D eigenvalue weighted by molar-refractivity contribution is 0.630. The molecule has 3 nitrogen and oxygen atoms in total. The topological polar surface area (TPSA) is 48.6 Å². The number of nitrogens with one attached hydrogen (secondary N) is 2. The van der Waals surface area contributed by atoms with Crippen molar-refractivity contribution in [2.24, 2.45) is 0 Å². The number of aromatic nitrogens is 2. The molecule has 0 fully saturated rings. The van der Waals surface area contributed by atoms with Crippen molar-refractivity contribution in [3.8, 4) is 0 Å². The second kappa shape index (κ2) is 4.44. The number of benzene rings is 2. The molecule has 4 heteroatoms. The number of hydrogen-bond donors (Lipinski definition) is 2. The lowest BCUT2D eigenvalue weighted by Crippen LogP contribution is -2.12. The van der Waals surface area contributed by atoms with E-state index in [4.69, 9.17) is 0 Å². The Morgan fingerprint density at radius 2 is 1.52 bits per heavy atom. The number of H-pyrrole nitrogens is 2. The van der Waals surface area contributed by atoms with Crippen LogP contribution >= 0.6 is 0 Å². The first-order chi connectivity index (χ1) is 10.9. The second-order valence-corrected chi connectivity index (χ2v) is 6.27. The quantitative estimate of drug-likeness (QED) is 0.492. The van der Waals surface area contributed by atoms with Crippen LogP contribution in [0.25, 0.3) is 32.7 Å². The maximum atomic E-state index is 13.7. The lowest BCUT2D eigenvalue weighted by atomic mass is 9.97. The van der Waals surface area contributed by atoms with Crippen LogP contribution in [0.2, 0.25) is 0 Å². The Balaban J connectivity index is 2.38. The maximum Gasteiger partial charge on any atom is 0.192 e. The number of fused-ring (bicyclic) bond motifs is 4. The SMILES string of the molecule is Cc1[nH]c2c(C)c3c([nH]c4ccc(F)cc43)c(C)c2c(=O)c1C. The van der Waals surface area contributed by atoms with E-state index in [9.17, 15) is 9.18 Å². The molecule has 4 aromatic rings. The highest BCUT2D eigenvalue weighted by Crippen LogP contribution is 2.35. The fourth-order valence-corrected chi connectivity index (χ4v) is 3.54. The molecule has 0 unspecified atom stereocenters. The van der Waals surface area contributed by atoms with Crippen LogP contribution in [-0.2, 0) is 0 Å². The summed E-state index contributed by atoms with van der Waals surface area (Å²) in [7, 11) is 0. The Morgan fingerprint density at radius 3 is 2.26 bits per heavy atom. The predicted molar refractivity (Wildman–Crippen MR) is 92.8 cm³/mol. The van der Waals surface area contributed by atoms with Gasteiger partial charge in [0.05, 0.1) is 16.4 Å². The van der Waals surface area contributed by atoms with Gasteiger partial charge in [0.1, 0.15) is 5.82 Å². The molecule has 23 heavy (non-hydrogen) atoms. The molecule has 0 aliphatic carbocycles. The molecular formula is C19H17FN2O. The molecule has 0 spiro atoms. The van der Waals surface area contributed by atoms with Gasteiger partial charge in [-0.1, -0.05) is 0 Å². The van der Waals surface area contributed by atoms with E-state index in [1.54, 1.807) is 12.1 Å². The van der Waals surface area contributed by atoms with E-state index in [2.05, 4.69) is 9.97 Å². The standard InChI is InChI=1S/C19H17FN2O/c1-8-11(4)21-18-9(2)15-13-7-12(20)5-6-14(13)22-17(15)10(3)16(18)19(8)23/h5-7,22H,1-4H3,(H,21,23). The molecule has 0 radical (unpaired) electrons. The summed E-state index contributed by atoms with van der Waals surface area (Å²) in [5, 5.41) is 2.54. The van der Waals surface area contributed by atoms with Crippen molar-refractivity contribution in [1.82, 2.24) is 9.97 Å². The summed E-state index contributed by atoms with van der Waals surface area (Å²) in [4.78, 5) is 19.5. The minimum absolute atomic E-state index is 0.0589. The molecule has 116 valence electrons. The van der Waals surface area contributed by atoms with Crippen LogP contribution in [0.5, 0.6) is 0 Å². The third-order valence-electron chi connectivity index (χ3n) is 4.95. The Hall–Kier alpha value is -2.62. The van der Waals surface area contributed by atoms with Gasteiger partial charge in [-0.2, -0.15) is 0 Å². The highest BCUT2D eigenvalue weighted by Gasteiger charge is 2.18. The van der Waals surface area contributed by atoms with Crippen LogP contribution in [0.3, 0.4) is 0 Å².